The summed E-state index contributed by atoms with van der Waals surface area (Å²) < 4.78 is 22.5. The monoisotopic (exact) mass is 814 g/mol. The van der Waals surface area contributed by atoms with Crippen LogP contribution in [0.3, 0.4) is 0 Å². The van der Waals surface area contributed by atoms with Gasteiger partial charge in [-0.1, -0.05) is 5.16 Å². The molecule has 3 amide bonds. The fourth-order valence-electron chi connectivity index (χ4n) is 6.46. The Morgan fingerprint density at radius 3 is 2.40 bits per heavy atom. The SMILES string of the molecule is CO/N=C(\C(=O)N[C@@H]1C(=O)N2C(C(=O)[O-])=C(COC(=O)N3CCN(c4cc5c(cc4F)c(=O)c(C(=O)[O-])cn5C4CC4)CC3)CS[C@H]12)c1csc(N)n1.[Na+].[Na+]. The first kappa shape index (κ1) is 42.4. The number of anilines is 2. The second-order valence-corrected chi connectivity index (χ2v) is 14.4. The molecule has 278 valence electrons. The Hall–Kier alpha value is -3.70. The van der Waals surface area contributed by atoms with Crippen LogP contribution < -0.4 is 90.7 Å². The summed E-state index contributed by atoms with van der Waals surface area (Å²) >= 11 is 2.22. The Kier molecular flexibility index (Phi) is 13.3. The minimum atomic E-state index is -1.66. The molecular weight excluding hydrogens is 786 g/mol. The number of nitrogens with zero attached hydrogens (tertiary/aromatic N) is 6. The van der Waals surface area contributed by atoms with Crippen LogP contribution in [0.15, 0.2) is 44.9 Å². The number of halogens is 1. The summed E-state index contributed by atoms with van der Waals surface area (Å²) in [5, 5.41) is 30.8. The number of β-lactam (4-membered cyclic amide) rings is 1. The number of benzene rings is 1. The molecule has 2 saturated heterocycles. The first-order chi connectivity index (χ1) is 25.4. The van der Waals surface area contributed by atoms with Crippen molar-refractivity contribution in [1.82, 2.24) is 24.7 Å². The van der Waals surface area contributed by atoms with E-state index >= 15 is 4.39 Å². The number of hydrogen-bond donors (Lipinski definition) is 2. The number of nitrogens with one attached hydrogen (secondary N) is 1. The van der Waals surface area contributed by atoms with Crippen molar-refractivity contribution in [2.75, 3.05) is 56.3 Å². The van der Waals surface area contributed by atoms with E-state index in [0.29, 0.717) is 5.52 Å². The number of rotatable bonds is 10. The predicted octanol–water partition coefficient (Wildman–Crippen LogP) is -7.40. The Morgan fingerprint density at radius 2 is 1.80 bits per heavy atom. The number of nitrogen functional groups attached to an aromatic ring is 1. The number of carboxylic acid groups (broad SMARTS) is 2. The molecule has 0 spiro atoms. The number of fused-ring (bicyclic) bond motifs is 2. The average Bonchev–Trinajstić information content (AvgIpc) is 3.90. The third-order valence-corrected chi connectivity index (χ3v) is 11.2. The molecule has 2 aromatic heterocycles. The molecule has 23 heteroatoms. The molecule has 1 saturated carbocycles. The van der Waals surface area contributed by atoms with E-state index in [1.807, 2.05) is 0 Å². The summed E-state index contributed by atoms with van der Waals surface area (Å²) in [6, 6.07) is 1.41. The molecule has 0 unspecified atom stereocenters. The Labute approximate surface area is 363 Å². The van der Waals surface area contributed by atoms with Crippen LogP contribution in [0.1, 0.15) is 34.9 Å². The molecule has 55 heavy (non-hydrogen) atoms. The predicted molar refractivity (Wildman–Crippen MR) is 183 cm³/mol. The van der Waals surface area contributed by atoms with Crippen LogP contribution in [0.2, 0.25) is 0 Å². The zero-order valence-electron chi connectivity index (χ0n) is 29.7. The number of ether oxygens (including phenoxy) is 1. The van der Waals surface area contributed by atoms with Crippen molar-refractivity contribution in [2.24, 2.45) is 5.16 Å². The number of thioether (sulfide) groups is 1. The van der Waals surface area contributed by atoms with Gasteiger partial charge in [0.25, 0.3) is 11.8 Å². The first-order valence-electron chi connectivity index (χ1n) is 16.2. The van der Waals surface area contributed by atoms with Gasteiger partial charge in [-0.2, -0.15) is 0 Å². The number of piperazine rings is 1. The second-order valence-electron chi connectivity index (χ2n) is 12.4. The molecule has 0 radical (unpaired) electrons. The van der Waals surface area contributed by atoms with Crippen molar-refractivity contribution >= 4 is 80.4 Å². The van der Waals surface area contributed by atoms with E-state index in [0.717, 1.165) is 46.9 Å². The van der Waals surface area contributed by atoms with Crippen LogP contribution in [-0.2, 0) is 24.0 Å². The Bertz CT molecular complexity index is 2210. The number of thiazole rings is 1. The summed E-state index contributed by atoms with van der Waals surface area (Å²) in [6.45, 7) is 0.160. The van der Waals surface area contributed by atoms with E-state index in [1.54, 1.807) is 9.47 Å². The van der Waals surface area contributed by atoms with Crippen LogP contribution in [0.4, 0.5) is 20.0 Å². The smallest absolute Gasteiger partial charge is 0.545 e. The fraction of sp³-hybridized carbons (Fsp3) is 0.375. The quantitative estimate of drug-likeness (QED) is 0.0837. The second kappa shape index (κ2) is 17.2. The number of aromatic carboxylic acids is 1. The van der Waals surface area contributed by atoms with Gasteiger partial charge in [0.2, 0.25) is 0 Å². The van der Waals surface area contributed by atoms with Gasteiger partial charge >= 0.3 is 65.2 Å². The molecule has 1 aromatic carbocycles. The molecule has 1 aliphatic carbocycles. The number of amides is 3. The van der Waals surface area contributed by atoms with Gasteiger partial charge < -0.3 is 54.8 Å². The number of nitrogens with two attached hydrogens (primary N) is 1. The molecule has 3 aromatic rings. The van der Waals surface area contributed by atoms with Gasteiger partial charge in [-0.05, 0) is 25.0 Å². The van der Waals surface area contributed by atoms with Crippen molar-refractivity contribution in [3.05, 3.63) is 62.3 Å². The maximum absolute atomic E-state index is 15.4. The van der Waals surface area contributed by atoms with Crippen molar-refractivity contribution in [3.63, 3.8) is 0 Å². The third-order valence-electron chi connectivity index (χ3n) is 9.20. The number of hydrogen-bond acceptors (Lipinski definition) is 16. The number of aromatic nitrogens is 2. The molecule has 4 aliphatic rings. The van der Waals surface area contributed by atoms with E-state index in [-0.39, 0.29) is 130 Å². The van der Waals surface area contributed by atoms with Crippen molar-refractivity contribution < 1.29 is 107 Å². The van der Waals surface area contributed by atoms with Crippen LogP contribution in [0, 0.1) is 5.82 Å². The van der Waals surface area contributed by atoms with Gasteiger partial charge in [-0.3, -0.25) is 19.3 Å². The summed E-state index contributed by atoms with van der Waals surface area (Å²) in [5.41, 5.74) is 4.43. The molecule has 3 fully saturated rings. The molecule has 18 nitrogen and oxygen atoms in total. The van der Waals surface area contributed by atoms with Gasteiger partial charge in [0.05, 0.1) is 34.4 Å². The van der Waals surface area contributed by atoms with Crippen molar-refractivity contribution in [3.8, 4) is 0 Å². The number of pyridine rings is 1. The van der Waals surface area contributed by atoms with E-state index in [2.05, 4.69) is 15.5 Å². The van der Waals surface area contributed by atoms with Crippen LogP contribution in [-0.4, -0.2) is 112 Å². The van der Waals surface area contributed by atoms with E-state index in [1.165, 1.54) is 29.7 Å². The minimum Gasteiger partial charge on any atom is -0.545 e. The summed E-state index contributed by atoms with van der Waals surface area (Å²) in [6.07, 6.45) is 2.04. The van der Waals surface area contributed by atoms with Crippen molar-refractivity contribution in [2.45, 2.75) is 30.3 Å². The van der Waals surface area contributed by atoms with E-state index in [9.17, 15) is 39.0 Å². The molecular formula is C32H29FN8Na2O10S2. The summed E-state index contributed by atoms with van der Waals surface area (Å²) in [4.78, 5) is 88.5. The summed E-state index contributed by atoms with van der Waals surface area (Å²) in [5.74, 6) is -5.49. The maximum Gasteiger partial charge on any atom is 1.00 e. The molecule has 7 rings (SSSR count). The van der Waals surface area contributed by atoms with Gasteiger partial charge in [-0.25, -0.2) is 14.2 Å². The van der Waals surface area contributed by atoms with E-state index < -0.39 is 70.4 Å². The molecule has 5 heterocycles. The average molecular weight is 815 g/mol. The molecule has 0 bridgehead atoms. The van der Waals surface area contributed by atoms with Gasteiger partial charge in [-0.15, -0.1) is 23.1 Å². The normalized spacial score (nSPS) is 19.5. The largest absolute Gasteiger partial charge is 1.00 e. The van der Waals surface area contributed by atoms with Gasteiger partial charge in [0.15, 0.2) is 16.3 Å². The van der Waals surface area contributed by atoms with Crippen LogP contribution in [0.5, 0.6) is 0 Å². The van der Waals surface area contributed by atoms with Gasteiger partial charge in [0.1, 0.15) is 36.6 Å². The first-order valence-corrected chi connectivity index (χ1v) is 18.1. The third kappa shape index (κ3) is 8.24. The number of oxime groups is 1. The van der Waals surface area contributed by atoms with Crippen LogP contribution >= 0.6 is 23.1 Å². The topological polar surface area (TPSA) is 245 Å². The number of aliphatic carboxylic acids is 1. The maximum atomic E-state index is 15.4. The zero-order chi connectivity index (χ0) is 37.7. The Morgan fingerprint density at radius 1 is 1.09 bits per heavy atom. The number of carbonyl (C=O) groups is 5. The number of carbonyl (C=O) groups excluding carboxylic acids is 5. The molecule has 3 N–H and O–H groups in total. The Balaban J connectivity index is 0.00000290. The molecule has 3 aliphatic heterocycles. The minimum absolute atomic E-state index is 0. The summed E-state index contributed by atoms with van der Waals surface area (Å²) in [7, 11) is 1.23. The molecule has 2 atom stereocenters. The van der Waals surface area contributed by atoms with Gasteiger partial charge in [0, 0.05) is 60.5 Å². The van der Waals surface area contributed by atoms with Crippen molar-refractivity contribution in [1.29, 1.82) is 0 Å². The van der Waals surface area contributed by atoms with Crippen LogP contribution in [0.25, 0.3) is 10.9 Å². The fourth-order valence-corrected chi connectivity index (χ4v) is 8.33. The van der Waals surface area contributed by atoms with E-state index in [4.69, 9.17) is 15.3 Å². The standard InChI is InChI=1S/C32H31FN8O10S2.2Na/c1-50-37-22(19-13-53-31(34)35-19)26(43)36-23-27(44)41-24(30(47)48)14(12-52-28(23)41)11-51-32(49)39-6-4-38(5-7-39)21-9-20-16(8-18(21)33)25(42)17(29(45)46)10-40(20)15-2-3-15;;/h8-10,13,15,23,28H,2-7,11-12H2,1H3,(H2,34,35)(H,36,43)(H,45,46)(H,47,48);;/q;2*+1/p-2/b37-22-;;/t23-,28-;;/m1../s1. The zero-order valence-corrected chi connectivity index (χ0v) is 35.4. The number of carboxylic acids is 2.